The number of halogens is 3. The van der Waals surface area contributed by atoms with Crippen molar-refractivity contribution in [3.8, 4) is 17.5 Å². The molecule has 0 spiro atoms. The van der Waals surface area contributed by atoms with Crippen molar-refractivity contribution in [1.29, 1.82) is 0 Å². The lowest BCUT2D eigenvalue weighted by atomic mass is 10.2. The van der Waals surface area contributed by atoms with Crippen molar-refractivity contribution < 1.29 is 27.1 Å². The summed E-state index contributed by atoms with van der Waals surface area (Å²) >= 11 is 0. The van der Waals surface area contributed by atoms with Gasteiger partial charge in [-0.25, -0.2) is 15.0 Å². The first kappa shape index (κ1) is 27.4. The minimum atomic E-state index is -4.56. The monoisotopic (exact) mass is 562 g/mol. The highest BCUT2D eigenvalue weighted by atomic mass is 19.4. The standard InChI is InChI=1S/C24H29F3N10O3/c1-34(18-14-19-31-20(22-29-3-10-40-22)33-37(19)23(28)32-18)4-5-35-6-8-36(9-7-35)21-17(24(25,26)27)13-16(15-30-21)39-12-11-38-2/h3,10,13-15H,4-9,11-12H2,1-2H3,(H2,28,32). The number of oxazole rings is 1. The number of methoxy groups -OCH3 is 1. The predicted molar refractivity (Wildman–Crippen MR) is 139 cm³/mol. The molecule has 5 heterocycles. The molecule has 4 aromatic heterocycles. The molecule has 5 rings (SSSR count). The van der Waals surface area contributed by atoms with Crippen LogP contribution in [0.1, 0.15) is 5.56 Å². The Morgan fingerprint density at radius 1 is 1.10 bits per heavy atom. The van der Waals surface area contributed by atoms with Gasteiger partial charge in [0.05, 0.1) is 19.0 Å². The van der Waals surface area contributed by atoms with Crippen LogP contribution in [0, 0.1) is 0 Å². The summed E-state index contributed by atoms with van der Waals surface area (Å²) in [4.78, 5) is 22.8. The number of fused-ring (bicyclic) bond motifs is 1. The van der Waals surface area contributed by atoms with E-state index in [0.29, 0.717) is 56.6 Å². The molecule has 2 N–H and O–H groups in total. The van der Waals surface area contributed by atoms with E-state index in [4.69, 9.17) is 19.6 Å². The Labute approximate surface area is 227 Å². The topological polar surface area (TPSA) is 136 Å². The second-order valence-electron chi connectivity index (χ2n) is 9.15. The zero-order chi connectivity index (χ0) is 28.3. The largest absolute Gasteiger partial charge is 0.490 e. The molecule has 0 bridgehead atoms. The maximum absolute atomic E-state index is 13.8. The van der Waals surface area contributed by atoms with Gasteiger partial charge in [-0.15, -0.1) is 5.10 Å². The van der Waals surface area contributed by atoms with Crippen LogP contribution in [-0.2, 0) is 10.9 Å². The molecule has 13 nitrogen and oxygen atoms in total. The minimum absolute atomic E-state index is 0.0576. The Hall–Kier alpha value is -4.18. The molecule has 0 atom stereocenters. The summed E-state index contributed by atoms with van der Waals surface area (Å²) in [5.74, 6) is 1.33. The normalized spacial score (nSPS) is 14.7. The molecule has 0 aromatic carbocycles. The second kappa shape index (κ2) is 11.5. The SMILES string of the molecule is COCCOc1cnc(N2CCN(CCN(C)c3cc4nc(-c5ncco5)nn4c(N)n3)CC2)c(C(F)(F)F)c1. The molecule has 0 amide bonds. The molecule has 0 aliphatic carbocycles. The Balaban J connectivity index is 1.19. The number of hydrogen-bond donors (Lipinski definition) is 1. The number of nitrogens with zero attached hydrogens (tertiary/aromatic N) is 9. The summed E-state index contributed by atoms with van der Waals surface area (Å²) in [6, 6.07) is 2.76. The van der Waals surface area contributed by atoms with E-state index in [1.165, 1.54) is 30.3 Å². The van der Waals surface area contributed by atoms with E-state index in [9.17, 15) is 13.2 Å². The summed E-state index contributed by atoms with van der Waals surface area (Å²) < 4.78 is 58.4. The van der Waals surface area contributed by atoms with Crippen molar-refractivity contribution in [1.82, 2.24) is 34.4 Å². The third kappa shape index (κ3) is 6.02. The number of likely N-dealkylation sites (N-methyl/N-ethyl adjacent to an activating group) is 1. The molecular formula is C24H29F3N10O3. The second-order valence-corrected chi connectivity index (χ2v) is 9.15. The van der Waals surface area contributed by atoms with E-state index >= 15 is 0 Å². The van der Waals surface area contributed by atoms with Crippen molar-refractivity contribution in [2.45, 2.75) is 6.18 Å². The van der Waals surface area contributed by atoms with Crippen LogP contribution in [0.5, 0.6) is 5.75 Å². The number of nitrogens with two attached hydrogens (primary N) is 1. The Bertz CT molecular complexity index is 1420. The van der Waals surface area contributed by atoms with Crippen LogP contribution >= 0.6 is 0 Å². The highest BCUT2D eigenvalue weighted by Gasteiger charge is 2.37. The van der Waals surface area contributed by atoms with Crippen LogP contribution in [0.15, 0.2) is 35.2 Å². The van der Waals surface area contributed by atoms with Gasteiger partial charge in [0.15, 0.2) is 5.65 Å². The fourth-order valence-electron chi connectivity index (χ4n) is 4.33. The van der Waals surface area contributed by atoms with Crippen LogP contribution in [0.3, 0.4) is 0 Å². The van der Waals surface area contributed by atoms with E-state index in [2.05, 4.69) is 29.9 Å². The fraction of sp³-hybridized carbons (Fsp3) is 0.458. The number of ether oxygens (including phenoxy) is 2. The van der Waals surface area contributed by atoms with Gasteiger partial charge in [-0.05, 0) is 6.07 Å². The smallest absolute Gasteiger partial charge is 0.420 e. The first-order valence-corrected chi connectivity index (χ1v) is 12.5. The van der Waals surface area contributed by atoms with Gasteiger partial charge in [0.1, 0.15) is 35.8 Å². The minimum Gasteiger partial charge on any atom is -0.490 e. The Morgan fingerprint density at radius 2 is 1.90 bits per heavy atom. The highest BCUT2D eigenvalue weighted by Crippen LogP contribution is 2.37. The molecule has 0 saturated carbocycles. The first-order valence-electron chi connectivity index (χ1n) is 12.5. The molecule has 40 heavy (non-hydrogen) atoms. The van der Waals surface area contributed by atoms with Crippen molar-refractivity contribution >= 4 is 23.2 Å². The van der Waals surface area contributed by atoms with E-state index in [1.54, 1.807) is 11.0 Å². The number of piperazine rings is 1. The number of rotatable bonds is 10. The molecule has 16 heteroatoms. The summed E-state index contributed by atoms with van der Waals surface area (Å²) in [7, 11) is 3.38. The third-order valence-electron chi connectivity index (χ3n) is 6.48. The molecule has 1 saturated heterocycles. The number of anilines is 3. The van der Waals surface area contributed by atoms with Gasteiger partial charge in [-0.1, -0.05) is 0 Å². The number of hydrogen-bond acceptors (Lipinski definition) is 12. The fourth-order valence-corrected chi connectivity index (χ4v) is 4.33. The number of nitrogen functional groups attached to an aromatic ring is 1. The van der Waals surface area contributed by atoms with Crippen LogP contribution < -0.4 is 20.3 Å². The Morgan fingerprint density at radius 3 is 2.60 bits per heavy atom. The molecule has 1 fully saturated rings. The van der Waals surface area contributed by atoms with Crippen LogP contribution in [0.2, 0.25) is 0 Å². The van der Waals surface area contributed by atoms with Gasteiger partial charge in [0, 0.05) is 59.5 Å². The van der Waals surface area contributed by atoms with Crippen LogP contribution in [0.25, 0.3) is 17.4 Å². The molecular weight excluding hydrogens is 533 g/mol. The lowest BCUT2D eigenvalue weighted by Gasteiger charge is -2.37. The van der Waals surface area contributed by atoms with Gasteiger partial charge >= 0.3 is 6.18 Å². The van der Waals surface area contributed by atoms with Crippen molar-refractivity contribution in [3.05, 3.63) is 36.4 Å². The number of aromatic nitrogens is 6. The average molecular weight is 563 g/mol. The number of pyridine rings is 1. The van der Waals surface area contributed by atoms with Gasteiger partial charge in [-0.3, -0.25) is 4.90 Å². The zero-order valence-corrected chi connectivity index (χ0v) is 22.0. The third-order valence-corrected chi connectivity index (χ3v) is 6.48. The summed E-state index contributed by atoms with van der Waals surface area (Å²) in [5, 5.41) is 4.29. The van der Waals surface area contributed by atoms with Gasteiger partial charge in [-0.2, -0.15) is 22.7 Å². The van der Waals surface area contributed by atoms with Gasteiger partial charge in [0.2, 0.25) is 11.8 Å². The molecule has 0 radical (unpaired) electrons. The van der Waals surface area contributed by atoms with E-state index in [-0.39, 0.29) is 36.6 Å². The molecule has 4 aromatic rings. The maximum atomic E-state index is 13.8. The quantitative estimate of drug-likeness (QED) is 0.283. The summed E-state index contributed by atoms with van der Waals surface area (Å²) in [6.07, 6.45) is -0.299. The molecule has 1 aliphatic rings. The lowest BCUT2D eigenvalue weighted by Crippen LogP contribution is -2.49. The zero-order valence-electron chi connectivity index (χ0n) is 22.0. The van der Waals surface area contributed by atoms with Gasteiger partial charge < -0.3 is 29.4 Å². The van der Waals surface area contributed by atoms with Crippen molar-refractivity contribution in [2.75, 3.05) is 82.2 Å². The van der Waals surface area contributed by atoms with E-state index < -0.39 is 11.7 Å². The van der Waals surface area contributed by atoms with Crippen molar-refractivity contribution in [2.24, 2.45) is 0 Å². The summed E-state index contributed by atoms with van der Waals surface area (Å²) in [5.41, 5.74) is 5.80. The number of alkyl halides is 3. The molecule has 1 aliphatic heterocycles. The highest BCUT2D eigenvalue weighted by molar-refractivity contribution is 5.58. The first-order chi connectivity index (χ1) is 19.2. The predicted octanol–water partition coefficient (Wildman–Crippen LogP) is 2.06. The van der Waals surface area contributed by atoms with E-state index in [1.807, 2.05) is 11.9 Å². The van der Waals surface area contributed by atoms with Crippen LogP contribution in [0.4, 0.5) is 30.8 Å². The average Bonchev–Trinajstić information content (AvgIpc) is 3.62. The molecule has 0 unspecified atom stereocenters. The molecule has 214 valence electrons. The van der Waals surface area contributed by atoms with Gasteiger partial charge in [0.25, 0.3) is 5.89 Å². The Kier molecular flexibility index (Phi) is 7.88. The summed E-state index contributed by atoms with van der Waals surface area (Å²) in [6.45, 7) is 3.67. The van der Waals surface area contributed by atoms with Crippen molar-refractivity contribution in [3.63, 3.8) is 0 Å². The van der Waals surface area contributed by atoms with E-state index in [0.717, 1.165) is 6.07 Å². The maximum Gasteiger partial charge on any atom is 0.420 e. The van der Waals surface area contributed by atoms with Crippen LogP contribution in [-0.4, -0.2) is 101 Å². The lowest BCUT2D eigenvalue weighted by molar-refractivity contribution is -0.137.